The van der Waals surface area contributed by atoms with Gasteiger partial charge in [0.15, 0.2) is 22.0 Å². The summed E-state index contributed by atoms with van der Waals surface area (Å²) in [5.41, 5.74) is 2.03. The number of aromatic amines is 1. The number of fused-ring (bicyclic) bond motifs is 1. The Hall–Kier alpha value is -5.09. The molecule has 2 aliphatic heterocycles. The number of anilines is 1. The van der Waals surface area contributed by atoms with E-state index in [0.29, 0.717) is 17.2 Å². The second-order valence-corrected chi connectivity index (χ2v) is 14.2. The fraction of sp³-hybridized carbons (Fsp3) is 0.152. The first kappa shape index (κ1) is 29.1. The molecule has 0 radical (unpaired) electrons. The molecule has 0 aliphatic carbocycles. The van der Waals surface area contributed by atoms with Gasteiger partial charge in [-0.15, -0.1) is 23.1 Å². The van der Waals surface area contributed by atoms with E-state index in [1.165, 1.54) is 11.3 Å². The fourth-order valence-corrected chi connectivity index (χ4v) is 9.70. The largest absolute Gasteiger partial charge is 0.362 e. The first-order valence-corrected chi connectivity index (χ1v) is 18.0. The van der Waals surface area contributed by atoms with E-state index in [4.69, 9.17) is 30.0 Å². The molecule has 0 bridgehead atoms. The molecule has 3 unspecified atom stereocenters. The van der Waals surface area contributed by atoms with Crippen molar-refractivity contribution < 1.29 is 0 Å². The molecule has 0 saturated carbocycles. The molecule has 1 fully saturated rings. The van der Waals surface area contributed by atoms with Crippen LogP contribution < -0.4 is 15.5 Å². The lowest BCUT2D eigenvalue weighted by molar-refractivity contribution is 0.230. The minimum absolute atomic E-state index is 0.144. The summed E-state index contributed by atoms with van der Waals surface area (Å²) in [6, 6.07) is 21.8. The van der Waals surface area contributed by atoms with Crippen LogP contribution in [0.15, 0.2) is 115 Å². The SMILES string of the molecule is c1ccc(C2=C(C3NCCS3)N(c3nc4ccccc4s3)C(c3cccnn3)(c3nccs3)C(c3ncccn3)(c3ccn[nH]3)N2)nc1. The number of pyridine rings is 1. The number of benzene rings is 1. The number of hydrogen-bond acceptors (Lipinski definition) is 14. The van der Waals surface area contributed by atoms with Crippen molar-refractivity contribution in [2.75, 3.05) is 17.2 Å². The van der Waals surface area contributed by atoms with Crippen molar-refractivity contribution in [3.05, 3.63) is 143 Å². The monoisotopic (exact) mass is 686 g/mol. The van der Waals surface area contributed by atoms with E-state index in [-0.39, 0.29) is 5.37 Å². The third-order valence-electron chi connectivity index (χ3n) is 8.54. The molecule has 0 spiro atoms. The molecule has 6 aromatic heterocycles. The fourth-order valence-electron chi connectivity index (χ4n) is 6.69. The standard InChI is InChI=1S/C33H26N12S3/c1-2-9-23-21(7-1)41-31(48-23)45-27(28-35-17-19-46-28)26(22-8-3-4-12-34-22)42-32(24-11-16-40-43-24,29-36-13-6-14-37-29)33(45,30-38-18-20-47-30)25-10-5-15-39-44-25/h1-16,18,20,28,35,42H,17,19H2,(H,40,43). The van der Waals surface area contributed by atoms with Crippen LogP contribution in [-0.2, 0) is 11.1 Å². The summed E-state index contributed by atoms with van der Waals surface area (Å²) in [7, 11) is 0. The predicted octanol–water partition coefficient (Wildman–Crippen LogP) is 4.78. The topological polar surface area (TPSA) is 146 Å². The van der Waals surface area contributed by atoms with Gasteiger partial charge in [-0.1, -0.05) is 29.5 Å². The zero-order valence-corrected chi connectivity index (χ0v) is 27.6. The summed E-state index contributed by atoms with van der Waals surface area (Å²) in [5, 5.41) is 28.3. The van der Waals surface area contributed by atoms with Crippen molar-refractivity contribution in [1.29, 1.82) is 0 Å². The molecule has 1 saturated heterocycles. The van der Waals surface area contributed by atoms with Gasteiger partial charge in [-0.05, 0) is 48.5 Å². The highest BCUT2D eigenvalue weighted by atomic mass is 32.2. The number of thioether (sulfide) groups is 1. The van der Waals surface area contributed by atoms with Crippen LogP contribution in [0.2, 0.25) is 0 Å². The Bertz CT molecular complexity index is 2160. The van der Waals surface area contributed by atoms with Crippen molar-refractivity contribution in [1.82, 2.24) is 55.9 Å². The van der Waals surface area contributed by atoms with Gasteiger partial charge in [-0.2, -0.15) is 15.3 Å². The van der Waals surface area contributed by atoms with Crippen molar-refractivity contribution in [2.45, 2.75) is 16.5 Å². The summed E-state index contributed by atoms with van der Waals surface area (Å²) in [5.74, 6) is 1.40. The molecule has 48 heavy (non-hydrogen) atoms. The molecule has 3 N–H and O–H groups in total. The van der Waals surface area contributed by atoms with Gasteiger partial charge in [0.05, 0.1) is 44.1 Å². The molecule has 1 aromatic carbocycles. The van der Waals surface area contributed by atoms with E-state index >= 15 is 0 Å². The lowest BCUT2D eigenvalue weighted by atomic mass is 9.67. The Balaban J connectivity index is 1.53. The maximum atomic E-state index is 5.34. The molecule has 7 aromatic rings. The Labute approximate surface area is 286 Å². The molecule has 15 heteroatoms. The quantitative estimate of drug-likeness (QED) is 0.212. The second-order valence-electron chi connectivity index (χ2n) is 11.1. The number of H-pyrrole nitrogens is 1. The summed E-state index contributed by atoms with van der Waals surface area (Å²) < 4.78 is 1.05. The van der Waals surface area contributed by atoms with Gasteiger partial charge in [-0.25, -0.2) is 19.9 Å². The smallest absolute Gasteiger partial charge is 0.192 e. The number of para-hydroxylation sites is 1. The number of thiazole rings is 2. The summed E-state index contributed by atoms with van der Waals surface area (Å²) >= 11 is 4.97. The Morgan fingerprint density at radius 2 is 1.73 bits per heavy atom. The van der Waals surface area contributed by atoms with Gasteiger partial charge in [0.25, 0.3) is 0 Å². The normalized spacial score (nSPS) is 22.7. The van der Waals surface area contributed by atoms with E-state index in [1.807, 2.05) is 84.0 Å². The molecular weight excluding hydrogens is 661 g/mol. The molecule has 0 amide bonds. The zero-order valence-electron chi connectivity index (χ0n) is 25.1. The van der Waals surface area contributed by atoms with E-state index in [9.17, 15) is 0 Å². The van der Waals surface area contributed by atoms with Gasteiger partial charge in [0.1, 0.15) is 5.01 Å². The van der Waals surface area contributed by atoms with E-state index in [1.54, 1.807) is 42.3 Å². The van der Waals surface area contributed by atoms with Crippen molar-refractivity contribution in [3.8, 4) is 0 Å². The minimum Gasteiger partial charge on any atom is -0.362 e. The van der Waals surface area contributed by atoms with Crippen molar-refractivity contribution in [3.63, 3.8) is 0 Å². The molecule has 9 rings (SSSR count). The molecule has 12 nitrogen and oxygen atoms in total. The van der Waals surface area contributed by atoms with Crippen LogP contribution in [0, 0.1) is 0 Å². The van der Waals surface area contributed by atoms with Gasteiger partial charge >= 0.3 is 0 Å². The van der Waals surface area contributed by atoms with Crippen LogP contribution in [0.4, 0.5) is 5.13 Å². The van der Waals surface area contributed by atoms with E-state index in [0.717, 1.165) is 49.7 Å². The van der Waals surface area contributed by atoms with E-state index < -0.39 is 11.1 Å². The third-order valence-corrected chi connectivity index (χ3v) is 11.6. The highest BCUT2D eigenvalue weighted by Crippen LogP contribution is 2.59. The lowest BCUT2D eigenvalue weighted by Gasteiger charge is -2.57. The maximum absolute atomic E-state index is 5.34. The van der Waals surface area contributed by atoms with Crippen LogP contribution in [0.1, 0.15) is 27.9 Å². The summed E-state index contributed by atoms with van der Waals surface area (Å²) in [6.07, 6.45) is 10.5. The van der Waals surface area contributed by atoms with Crippen LogP contribution in [0.5, 0.6) is 0 Å². The Kier molecular flexibility index (Phi) is 7.18. The van der Waals surface area contributed by atoms with Crippen molar-refractivity contribution >= 4 is 55.5 Å². The average Bonchev–Trinajstić information content (AvgIpc) is 4.00. The number of nitrogens with zero attached hydrogens (tertiary/aromatic N) is 9. The first-order chi connectivity index (χ1) is 23.8. The highest BCUT2D eigenvalue weighted by molar-refractivity contribution is 8.00. The van der Waals surface area contributed by atoms with Crippen LogP contribution >= 0.6 is 34.4 Å². The van der Waals surface area contributed by atoms with E-state index in [2.05, 4.69) is 36.9 Å². The lowest BCUT2D eigenvalue weighted by Crippen LogP contribution is -2.71. The van der Waals surface area contributed by atoms with Gasteiger partial charge in [-0.3, -0.25) is 20.3 Å². The molecular formula is C33H26N12S3. The number of rotatable bonds is 7. The van der Waals surface area contributed by atoms with Gasteiger partial charge in [0.2, 0.25) is 0 Å². The highest BCUT2D eigenvalue weighted by Gasteiger charge is 2.69. The number of nitrogens with one attached hydrogen (secondary N) is 3. The molecule has 3 atom stereocenters. The molecule has 2 aliphatic rings. The molecule has 8 heterocycles. The second kappa shape index (κ2) is 11.9. The number of aromatic nitrogens is 9. The van der Waals surface area contributed by atoms with Crippen LogP contribution in [0.25, 0.3) is 15.9 Å². The van der Waals surface area contributed by atoms with Crippen LogP contribution in [0.3, 0.4) is 0 Å². The minimum atomic E-state index is -1.34. The summed E-state index contributed by atoms with van der Waals surface area (Å²) in [4.78, 5) is 27.6. The Morgan fingerprint density at radius 1 is 0.833 bits per heavy atom. The third kappa shape index (κ3) is 4.31. The Morgan fingerprint density at radius 3 is 2.46 bits per heavy atom. The molecule has 236 valence electrons. The number of hydrogen-bond donors (Lipinski definition) is 3. The van der Waals surface area contributed by atoms with Crippen LogP contribution in [-0.4, -0.2) is 63.0 Å². The maximum Gasteiger partial charge on any atom is 0.192 e. The zero-order chi connectivity index (χ0) is 32.0. The van der Waals surface area contributed by atoms with Gasteiger partial charge in [0, 0.05) is 54.9 Å². The first-order valence-electron chi connectivity index (χ1n) is 15.2. The van der Waals surface area contributed by atoms with Gasteiger partial charge < -0.3 is 5.32 Å². The average molecular weight is 687 g/mol. The summed E-state index contributed by atoms with van der Waals surface area (Å²) in [6.45, 7) is 0.838. The predicted molar refractivity (Wildman–Crippen MR) is 187 cm³/mol. The van der Waals surface area contributed by atoms with Crippen molar-refractivity contribution in [2.24, 2.45) is 0 Å².